The van der Waals surface area contributed by atoms with Crippen molar-refractivity contribution in [3.8, 4) is 0 Å². The highest BCUT2D eigenvalue weighted by molar-refractivity contribution is 6.31. The molecule has 0 radical (unpaired) electrons. The Morgan fingerprint density at radius 2 is 2.00 bits per heavy atom. The Morgan fingerprint density at radius 1 is 1.25 bits per heavy atom. The molecule has 2 rings (SSSR count). The fraction of sp³-hybridized carbons (Fsp3) is 0.250. The molecule has 0 saturated carbocycles. The fourth-order valence-corrected chi connectivity index (χ4v) is 2.62. The number of hydrogen-bond donors (Lipinski definition) is 2. The molecule has 2 unspecified atom stereocenters. The molecular formula is C16H17ClFNO. The van der Waals surface area contributed by atoms with Gasteiger partial charge in [0, 0.05) is 17.5 Å². The Hall–Kier alpha value is -1.42. The van der Waals surface area contributed by atoms with Crippen LogP contribution in [-0.2, 0) is 0 Å². The first kappa shape index (κ1) is 15.0. The Kier molecular flexibility index (Phi) is 4.76. The summed E-state index contributed by atoms with van der Waals surface area (Å²) in [6, 6.07) is 11.7. The predicted molar refractivity (Wildman–Crippen MR) is 79.3 cm³/mol. The lowest BCUT2D eigenvalue weighted by atomic mass is 9.88. The van der Waals surface area contributed by atoms with E-state index in [0.29, 0.717) is 5.56 Å². The third kappa shape index (κ3) is 3.18. The van der Waals surface area contributed by atoms with Crippen molar-refractivity contribution in [1.29, 1.82) is 0 Å². The Labute approximate surface area is 123 Å². The van der Waals surface area contributed by atoms with Crippen LogP contribution in [0.3, 0.4) is 0 Å². The van der Waals surface area contributed by atoms with Gasteiger partial charge in [-0.3, -0.25) is 0 Å². The lowest BCUT2D eigenvalue weighted by Gasteiger charge is -2.23. The van der Waals surface area contributed by atoms with E-state index in [1.807, 2.05) is 31.2 Å². The van der Waals surface area contributed by atoms with E-state index in [2.05, 4.69) is 0 Å². The molecule has 106 valence electrons. The molecule has 2 atom stereocenters. The topological polar surface area (TPSA) is 46.2 Å². The second-order valence-corrected chi connectivity index (χ2v) is 5.27. The minimum absolute atomic E-state index is 0.223. The molecule has 0 aliphatic rings. The van der Waals surface area contributed by atoms with Crippen LogP contribution in [0.4, 0.5) is 4.39 Å². The fourth-order valence-electron chi connectivity index (χ4n) is 2.31. The number of aryl methyl sites for hydroxylation is 1. The van der Waals surface area contributed by atoms with Crippen molar-refractivity contribution in [3.05, 3.63) is 70.0 Å². The van der Waals surface area contributed by atoms with E-state index < -0.39 is 11.9 Å². The van der Waals surface area contributed by atoms with Gasteiger partial charge in [0.05, 0.1) is 6.10 Å². The lowest BCUT2D eigenvalue weighted by molar-refractivity contribution is 0.147. The Balaban J connectivity index is 2.36. The summed E-state index contributed by atoms with van der Waals surface area (Å²) in [6.07, 6.45) is -0.775. The molecule has 0 bridgehead atoms. The summed E-state index contributed by atoms with van der Waals surface area (Å²) in [5.74, 6) is -0.774. The van der Waals surface area contributed by atoms with E-state index in [0.717, 1.165) is 11.1 Å². The molecule has 2 aromatic carbocycles. The van der Waals surface area contributed by atoms with Gasteiger partial charge in [0.15, 0.2) is 0 Å². The second-order valence-electron chi connectivity index (χ2n) is 4.87. The van der Waals surface area contributed by atoms with Crippen molar-refractivity contribution >= 4 is 11.6 Å². The van der Waals surface area contributed by atoms with Crippen molar-refractivity contribution in [3.63, 3.8) is 0 Å². The second kappa shape index (κ2) is 6.35. The standard InChI is InChI=1S/C16H17ClFNO/c1-10-3-2-4-11(7-10)16(20)14(9-19)13-6-5-12(18)8-15(13)17/h2-8,14,16,20H,9,19H2,1H3. The highest BCUT2D eigenvalue weighted by Gasteiger charge is 2.23. The molecule has 2 nitrogen and oxygen atoms in total. The van der Waals surface area contributed by atoms with Crippen LogP contribution in [0.5, 0.6) is 0 Å². The maximum atomic E-state index is 13.1. The number of rotatable bonds is 4. The maximum absolute atomic E-state index is 13.1. The molecule has 20 heavy (non-hydrogen) atoms. The van der Waals surface area contributed by atoms with Gasteiger partial charge in [0.25, 0.3) is 0 Å². The number of halogens is 2. The van der Waals surface area contributed by atoms with Crippen LogP contribution < -0.4 is 5.73 Å². The van der Waals surface area contributed by atoms with Crippen LogP contribution in [0, 0.1) is 12.7 Å². The van der Waals surface area contributed by atoms with Gasteiger partial charge in [-0.15, -0.1) is 0 Å². The smallest absolute Gasteiger partial charge is 0.124 e. The van der Waals surface area contributed by atoms with Gasteiger partial charge in [0.2, 0.25) is 0 Å². The summed E-state index contributed by atoms with van der Waals surface area (Å²) in [6.45, 7) is 2.18. The van der Waals surface area contributed by atoms with Crippen molar-refractivity contribution in [2.24, 2.45) is 5.73 Å². The summed E-state index contributed by atoms with van der Waals surface area (Å²) in [5.41, 5.74) is 8.27. The zero-order chi connectivity index (χ0) is 14.7. The third-order valence-corrected chi connectivity index (χ3v) is 3.71. The number of aliphatic hydroxyl groups is 1. The lowest BCUT2D eigenvalue weighted by Crippen LogP contribution is -2.20. The minimum atomic E-state index is -0.775. The molecule has 0 fully saturated rings. The minimum Gasteiger partial charge on any atom is -0.388 e. The zero-order valence-corrected chi connectivity index (χ0v) is 11.9. The van der Waals surface area contributed by atoms with E-state index in [-0.39, 0.29) is 17.5 Å². The molecule has 0 amide bonds. The Bertz CT molecular complexity index is 603. The van der Waals surface area contributed by atoms with Crippen LogP contribution in [-0.4, -0.2) is 11.7 Å². The zero-order valence-electron chi connectivity index (χ0n) is 11.2. The van der Waals surface area contributed by atoms with Gasteiger partial charge in [-0.1, -0.05) is 47.5 Å². The largest absolute Gasteiger partial charge is 0.388 e. The van der Waals surface area contributed by atoms with Crippen molar-refractivity contribution < 1.29 is 9.50 Å². The molecule has 0 heterocycles. The molecular weight excluding hydrogens is 277 g/mol. The molecule has 0 aliphatic carbocycles. The summed E-state index contributed by atoms with van der Waals surface area (Å²) in [7, 11) is 0. The molecule has 2 aromatic rings. The van der Waals surface area contributed by atoms with Gasteiger partial charge in [0.1, 0.15) is 5.82 Å². The highest BCUT2D eigenvalue weighted by Crippen LogP contribution is 2.34. The van der Waals surface area contributed by atoms with Crippen molar-refractivity contribution in [2.75, 3.05) is 6.54 Å². The summed E-state index contributed by atoms with van der Waals surface area (Å²) in [4.78, 5) is 0. The van der Waals surface area contributed by atoms with Gasteiger partial charge in [-0.05, 0) is 30.2 Å². The van der Waals surface area contributed by atoms with Gasteiger partial charge < -0.3 is 10.8 Å². The molecule has 0 aromatic heterocycles. The monoisotopic (exact) mass is 293 g/mol. The van der Waals surface area contributed by atoms with E-state index in [9.17, 15) is 9.50 Å². The molecule has 4 heteroatoms. The van der Waals surface area contributed by atoms with Crippen LogP contribution >= 0.6 is 11.6 Å². The molecule has 0 saturated heterocycles. The first-order valence-corrected chi connectivity index (χ1v) is 6.80. The normalized spacial score (nSPS) is 14.1. The quantitative estimate of drug-likeness (QED) is 0.905. The van der Waals surface area contributed by atoms with Crippen molar-refractivity contribution in [2.45, 2.75) is 18.9 Å². The van der Waals surface area contributed by atoms with Crippen LogP contribution in [0.1, 0.15) is 28.7 Å². The van der Waals surface area contributed by atoms with Crippen LogP contribution in [0.25, 0.3) is 0 Å². The van der Waals surface area contributed by atoms with Gasteiger partial charge in [-0.2, -0.15) is 0 Å². The average Bonchev–Trinajstić information content (AvgIpc) is 2.41. The van der Waals surface area contributed by atoms with E-state index in [1.54, 1.807) is 6.07 Å². The maximum Gasteiger partial charge on any atom is 0.124 e. The van der Waals surface area contributed by atoms with Crippen LogP contribution in [0.2, 0.25) is 5.02 Å². The van der Waals surface area contributed by atoms with Gasteiger partial charge >= 0.3 is 0 Å². The molecule has 3 N–H and O–H groups in total. The number of hydrogen-bond acceptors (Lipinski definition) is 2. The summed E-state index contributed by atoms with van der Waals surface area (Å²) < 4.78 is 13.1. The molecule has 0 spiro atoms. The third-order valence-electron chi connectivity index (χ3n) is 3.38. The van der Waals surface area contributed by atoms with Crippen LogP contribution in [0.15, 0.2) is 42.5 Å². The SMILES string of the molecule is Cc1cccc(C(O)C(CN)c2ccc(F)cc2Cl)c1. The predicted octanol–water partition coefficient (Wildman–Crippen LogP) is 3.56. The molecule has 0 aliphatic heterocycles. The van der Waals surface area contributed by atoms with Crippen molar-refractivity contribution in [1.82, 2.24) is 0 Å². The van der Waals surface area contributed by atoms with E-state index in [4.69, 9.17) is 17.3 Å². The van der Waals surface area contributed by atoms with E-state index >= 15 is 0 Å². The highest BCUT2D eigenvalue weighted by atomic mass is 35.5. The number of benzene rings is 2. The average molecular weight is 294 g/mol. The first-order valence-electron chi connectivity index (χ1n) is 6.42. The van der Waals surface area contributed by atoms with E-state index in [1.165, 1.54) is 12.1 Å². The summed E-state index contributed by atoms with van der Waals surface area (Å²) in [5, 5.41) is 10.8. The number of aliphatic hydroxyl groups excluding tert-OH is 1. The Morgan fingerprint density at radius 3 is 2.60 bits per heavy atom. The number of nitrogens with two attached hydrogens (primary N) is 1. The first-order chi connectivity index (χ1) is 9.52. The summed E-state index contributed by atoms with van der Waals surface area (Å²) >= 11 is 6.06. The van der Waals surface area contributed by atoms with Gasteiger partial charge in [-0.25, -0.2) is 4.39 Å².